The van der Waals surface area contributed by atoms with Crippen LogP contribution < -0.4 is 11.1 Å². The molecule has 50 heavy (non-hydrogen) atoms. The van der Waals surface area contributed by atoms with Gasteiger partial charge in [-0.2, -0.15) is 0 Å². The Labute approximate surface area is 297 Å². The van der Waals surface area contributed by atoms with Gasteiger partial charge in [0.1, 0.15) is 0 Å². The lowest BCUT2D eigenvalue weighted by atomic mass is 9.81. The lowest BCUT2D eigenvalue weighted by Crippen LogP contribution is -2.62. The molecule has 0 bridgehead atoms. The van der Waals surface area contributed by atoms with Gasteiger partial charge >= 0.3 is 0 Å². The van der Waals surface area contributed by atoms with Crippen molar-refractivity contribution in [3.63, 3.8) is 0 Å². The summed E-state index contributed by atoms with van der Waals surface area (Å²) in [4.78, 5) is 26.7. The van der Waals surface area contributed by atoms with E-state index in [1.54, 1.807) is 4.90 Å². The average molecular weight is 674 g/mol. The number of hydrogen-bond donors (Lipinski definition) is 2. The molecular formula is C43H51N3O4. The van der Waals surface area contributed by atoms with Crippen LogP contribution in [-0.4, -0.2) is 61.1 Å². The van der Waals surface area contributed by atoms with Crippen molar-refractivity contribution < 1.29 is 19.1 Å². The number of nitrogens with two attached hydrogens (primary N) is 1. The minimum absolute atomic E-state index is 0.0549. The number of Topliss-reactive ketones (excluding diaryl/α,β-unsaturated/α-hetero) is 1. The number of fused-ring (bicyclic) bond motifs is 1. The van der Waals surface area contributed by atoms with Gasteiger partial charge in [-0.1, -0.05) is 121 Å². The van der Waals surface area contributed by atoms with Crippen molar-refractivity contribution in [1.29, 1.82) is 0 Å². The summed E-state index contributed by atoms with van der Waals surface area (Å²) >= 11 is 0. The van der Waals surface area contributed by atoms with Crippen LogP contribution in [0.4, 0.5) is 0 Å². The van der Waals surface area contributed by atoms with E-state index in [0.717, 1.165) is 51.0 Å². The monoisotopic (exact) mass is 673 g/mol. The van der Waals surface area contributed by atoms with E-state index in [-0.39, 0.29) is 35.7 Å². The molecule has 3 aliphatic heterocycles. The fraction of sp³-hybridized carbons (Fsp3) is 0.395. The van der Waals surface area contributed by atoms with Crippen LogP contribution in [0.15, 0.2) is 121 Å². The highest BCUT2D eigenvalue weighted by atomic mass is 16.5. The number of nitrogens with one attached hydrogen (secondary N) is 1. The minimum atomic E-state index is -0.382. The number of ketones is 1. The van der Waals surface area contributed by atoms with E-state index in [0.29, 0.717) is 38.0 Å². The van der Waals surface area contributed by atoms with E-state index in [2.05, 4.69) is 78.1 Å². The number of piperidine rings is 1. The van der Waals surface area contributed by atoms with Crippen molar-refractivity contribution in [1.82, 2.24) is 10.2 Å². The summed E-state index contributed by atoms with van der Waals surface area (Å²) in [7, 11) is 0. The molecule has 6 atom stereocenters. The van der Waals surface area contributed by atoms with E-state index < -0.39 is 0 Å². The Morgan fingerprint density at radius 1 is 0.620 bits per heavy atom. The summed E-state index contributed by atoms with van der Waals surface area (Å²) in [6.45, 7) is 3.85. The highest BCUT2D eigenvalue weighted by Crippen LogP contribution is 2.31. The second-order valence-corrected chi connectivity index (χ2v) is 14.0. The topological polar surface area (TPSA) is 93.9 Å². The van der Waals surface area contributed by atoms with Gasteiger partial charge in [0.15, 0.2) is 0 Å². The predicted octanol–water partition coefficient (Wildman–Crippen LogP) is 6.00. The lowest BCUT2D eigenvalue weighted by molar-refractivity contribution is -0.159. The number of rotatable bonds is 11. The van der Waals surface area contributed by atoms with Crippen molar-refractivity contribution in [2.24, 2.45) is 23.5 Å². The first-order valence-corrected chi connectivity index (χ1v) is 18.2. The van der Waals surface area contributed by atoms with E-state index >= 15 is 0 Å². The average Bonchev–Trinajstić information content (AvgIpc) is 3.17. The van der Waals surface area contributed by atoms with E-state index in [1.807, 2.05) is 48.5 Å². The van der Waals surface area contributed by atoms with Gasteiger partial charge in [-0.25, -0.2) is 0 Å². The number of ether oxygens (including phenoxy) is 2. The molecule has 1 unspecified atom stereocenters. The molecule has 0 saturated carbocycles. The van der Waals surface area contributed by atoms with Crippen LogP contribution in [0.3, 0.4) is 0 Å². The van der Waals surface area contributed by atoms with E-state index in [4.69, 9.17) is 15.2 Å². The van der Waals surface area contributed by atoms with Crippen LogP contribution in [0.2, 0.25) is 0 Å². The van der Waals surface area contributed by atoms with Crippen LogP contribution in [0, 0.1) is 17.8 Å². The number of hydrogen-bond acceptors (Lipinski definition) is 6. The normalized spacial score (nSPS) is 24.9. The first kappa shape index (κ1) is 35.7. The zero-order valence-corrected chi connectivity index (χ0v) is 28.9. The van der Waals surface area contributed by atoms with Crippen molar-refractivity contribution in [3.8, 4) is 0 Å². The quantitative estimate of drug-likeness (QED) is 0.190. The Hall–Kier alpha value is -4.14. The summed E-state index contributed by atoms with van der Waals surface area (Å²) in [6.07, 6.45) is 4.71. The lowest BCUT2D eigenvalue weighted by Gasteiger charge is -2.46. The molecule has 7 nitrogen and oxygen atoms in total. The van der Waals surface area contributed by atoms with Crippen LogP contribution in [0.1, 0.15) is 41.5 Å². The van der Waals surface area contributed by atoms with Crippen LogP contribution in [0.25, 0.3) is 0 Å². The first-order valence-electron chi connectivity index (χ1n) is 18.2. The van der Waals surface area contributed by atoms with Crippen molar-refractivity contribution in [2.75, 3.05) is 26.4 Å². The summed E-state index contributed by atoms with van der Waals surface area (Å²) in [6, 6.07) is 41.6. The Balaban J connectivity index is 0.000000175. The molecular weight excluding hydrogens is 622 g/mol. The largest absolute Gasteiger partial charge is 0.381 e. The van der Waals surface area contributed by atoms with Gasteiger partial charge in [-0.3, -0.25) is 9.59 Å². The zero-order chi connectivity index (χ0) is 34.5. The second kappa shape index (κ2) is 18.2. The van der Waals surface area contributed by atoms with E-state index in [9.17, 15) is 9.59 Å². The molecule has 4 aromatic rings. The maximum absolute atomic E-state index is 12.6. The molecule has 3 saturated heterocycles. The molecule has 0 aliphatic carbocycles. The van der Waals surface area contributed by atoms with Crippen LogP contribution in [-0.2, 0) is 45.0 Å². The Morgan fingerprint density at radius 3 is 1.64 bits per heavy atom. The summed E-state index contributed by atoms with van der Waals surface area (Å²) in [5.74, 6) is 0.360. The summed E-state index contributed by atoms with van der Waals surface area (Å²) in [5, 5.41) is 3.54. The number of carbonyl (C=O) groups is 2. The fourth-order valence-electron chi connectivity index (χ4n) is 7.59. The van der Waals surface area contributed by atoms with Crippen molar-refractivity contribution in [3.05, 3.63) is 144 Å². The van der Waals surface area contributed by atoms with Gasteiger partial charge in [0.2, 0.25) is 5.78 Å². The van der Waals surface area contributed by atoms with Gasteiger partial charge in [0, 0.05) is 37.5 Å². The van der Waals surface area contributed by atoms with Gasteiger partial charge in [-0.05, 0) is 59.8 Å². The third-order valence-corrected chi connectivity index (χ3v) is 10.6. The Morgan fingerprint density at radius 2 is 1.10 bits per heavy atom. The van der Waals surface area contributed by atoms with Gasteiger partial charge in [-0.15, -0.1) is 0 Å². The van der Waals surface area contributed by atoms with Crippen LogP contribution in [0.5, 0.6) is 0 Å². The maximum atomic E-state index is 12.6. The number of aryl methyl sites for hydroxylation is 2. The van der Waals surface area contributed by atoms with Gasteiger partial charge in [0.05, 0.1) is 32.5 Å². The van der Waals surface area contributed by atoms with Crippen LogP contribution >= 0.6 is 0 Å². The standard InChI is InChI=1S/C22H24N2O3.C21H27NO/c25-21-11-18-19(23-12-16-7-3-1-4-8-16)14-27-15-20(18)24(22(21)26)13-17-9-5-2-6-10-17;22-21-19(13-11-17-7-3-1-4-8-17)15-23-16-20(21)14-12-18-9-5-2-6-10-18/h1-10,18-20,23H,11-15H2;1-10,19-21H,11-16,22H2/t18-,19+,20-;19-,20+,21?/m1./s1. The summed E-state index contributed by atoms with van der Waals surface area (Å²) < 4.78 is 11.7. The molecule has 3 heterocycles. The second-order valence-electron chi connectivity index (χ2n) is 14.0. The van der Waals surface area contributed by atoms with Crippen molar-refractivity contribution in [2.45, 2.75) is 63.3 Å². The number of nitrogens with zero attached hydrogens (tertiary/aromatic N) is 1. The third-order valence-electron chi connectivity index (χ3n) is 10.6. The maximum Gasteiger partial charge on any atom is 0.290 e. The smallest absolute Gasteiger partial charge is 0.290 e. The number of benzene rings is 4. The van der Waals surface area contributed by atoms with Gasteiger partial charge < -0.3 is 25.4 Å². The first-order chi connectivity index (χ1) is 24.5. The molecule has 0 radical (unpaired) electrons. The SMILES string of the molecule is NC1[C@H](CCc2ccccc2)COC[C@@H]1CCc1ccccc1.O=C1C[C@@H]2[C@@H](NCc3ccccc3)COC[C@H]2N(Cc2ccccc2)C1=O. The molecule has 1 amide bonds. The summed E-state index contributed by atoms with van der Waals surface area (Å²) in [5.41, 5.74) is 11.6. The number of carbonyl (C=O) groups excluding carboxylic acids is 2. The minimum Gasteiger partial charge on any atom is -0.381 e. The van der Waals surface area contributed by atoms with E-state index in [1.165, 1.54) is 16.7 Å². The molecule has 0 spiro atoms. The Bertz CT molecular complexity index is 1550. The molecule has 262 valence electrons. The molecule has 0 aromatic heterocycles. The molecule has 3 fully saturated rings. The highest BCUT2D eigenvalue weighted by Gasteiger charge is 2.46. The zero-order valence-electron chi connectivity index (χ0n) is 28.9. The fourth-order valence-corrected chi connectivity index (χ4v) is 7.59. The molecule has 3 N–H and O–H groups in total. The third kappa shape index (κ3) is 9.76. The number of amides is 1. The molecule has 3 aliphatic rings. The number of likely N-dealkylation sites (tertiary alicyclic amines) is 1. The van der Waals surface area contributed by atoms with Gasteiger partial charge in [0.25, 0.3) is 5.91 Å². The highest BCUT2D eigenvalue weighted by molar-refractivity contribution is 6.36. The molecule has 4 aromatic carbocycles. The Kier molecular flexibility index (Phi) is 13.0. The van der Waals surface area contributed by atoms with Crippen molar-refractivity contribution >= 4 is 11.7 Å². The molecule has 7 heteroatoms. The molecule has 7 rings (SSSR count). The predicted molar refractivity (Wildman–Crippen MR) is 197 cm³/mol.